The number of aliphatic hydroxyl groups is 1. The van der Waals surface area contributed by atoms with Crippen LogP contribution in [0.2, 0.25) is 0 Å². The van der Waals surface area contributed by atoms with Gasteiger partial charge in [-0.05, 0) is 27.7 Å². The Bertz CT molecular complexity index is 393. The van der Waals surface area contributed by atoms with Gasteiger partial charge in [0.25, 0.3) is 0 Å². The summed E-state index contributed by atoms with van der Waals surface area (Å²) in [4.78, 5) is 11.5. The third-order valence-corrected chi connectivity index (χ3v) is 1.89. The number of nitrogens with zero attached hydrogens (tertiary/aromatic N) is 2. The molecule has 1 amide bonds. The predicted molar refractivity (Wildman–Crippen MR) is 63.9 cm³/mol. The van der Waals surface area contributed by atoms with E-state index in [0.29, 0.717) is 12.4 Å². The van der Waals surface area contributed by atoms with Crippen LogP contribution in [0.15, 0.2) is 6.20 Å². The standard InChI is InChI=1S/C11H19N3O3/c1-8-7-14(5-6-15)13-9(8)12-10(16)17-11(2,3)4/h7,15H,5-6H2,1-4H3,(H,12,13,16). The maximum Gasteiger partial charge on any atom is 0.413 e. The summed E-state index contributed by atoms with van der Waals surface area (Å²) < 4.78 is 6.69. The van der Waals surface area contributed by atoms with Gasteiger partial charge >= 0.3 is 6.09 Å². The number of hydrogen-bond donors (Lipinski definition) is 2. The van der Waals surface area contributed by atoms with Crippen molar-refractivity contribution in [3.63, 3.8) is 0 Å². The molecule has 1 heterocycles. The van der Waals surface area contributed by atoms with E-state index in [-0.39, 0.29) is 6.61 Å². The van der Waals surface area contributed by atoms with Crippen LogP contribution >= 0.6 is 0 Å². The van der Waals surface area contributed by atoms with Crippen molar-refractivity contribution in [3.8, 4) is 0 Å². The van der Waals surface area contributed by atoms with Crippen LogP contribution in [0, 0.1) is 6.92 Å². The highest BCUT2D eigenvalue weighted by Crippen LogP contribution is 2.14. The quantitative estimate of drug-likeness (QED) is 0.841. The summed E-state index contributed by atoms with van der Waals surface area (Å²) >= 11 is 0. The zero-order valence-electron chi connectivity index (χ0n) is 10.6. The number of aryl methyl sites for hydroxylation is 1. The van der Waals surface area contributed by atoms with Crippen LogP contribution in [0.3, 0.4) is 0 Å². The summed E-state index contributed by atoms with van der Waals surface area (Å²) in [6, 6.07) is 0. The first kappa shape index (κ1) is 13.5. The number of carbonyl (C=O) groups is 1. The Hall–Kier alpha value is -1.56. The van der Waals surface area contributed by atoms with Gasteiger partial charge in [0.15, 0.2) is 5.82 Å². The molecule has 0 atom stereocenters. The molecule has 1 rings (SSSR count). The first-order valence-corrected chi connectivity index (χ1v) is 5.47. The summed E-state index contributed by atoms with van der Waals surface area (Å²) in [6.45, 7) is 7.62. The second kappa shape index (κ2) is 5.18. The van der Waals surface area contributed by atoms with Crippen LogP contribution in [-0.4, -0.2) is 33.2 Å². The number of ether oxygens (including phenoxy) is 1. The van der Waals surface area contributed by atoms with E-state index >= 15 is 0 Å². The predicted octanol–water partition coefficient (Wildman–Crippen LogP) is 1.53. The molecule has 0 aliphatic carbocycles. The van der Waals surface area contributed by atoms with E-state index in [2.05, 4.69) is 10.4 Å². The second-order valence-electron chi connectivity index (χ2n) is 4.77. The topological polar surface area (TPSA) is 76.4 Å². The molecule has 0 aliphatic heterocycles. The molecule has 2 N–H and O–H groups in total. The molecule has 0 aliphatic rings. The highest BCUT2D eigenvalue weighted by atomic mass is 16.6. The molecule has 6 nitrogen and oxygen atoms in total. The molecule has 0 radical (unpaired) electrons. The smallest absolute Gasteiger partial charge is 0.413 e. The summed E-state index contributed by atoms with van der Waals surface area (Å²) in [7, 11) is 0. The number of aromatic nitrogens is 2. The average Bonchev–Trinajstić information content (AvgIpc) is 2.44. The molecule has 0 spiro atoms. The molecule has 0 unspecified atom stereocenters. The molecule has 17 heavy (non-hydrogen) atoms. The van der Waals surface area contributed by atoms with Crippen LogP contribution in [0.25, 0.3) is 0 Å². The lowest BCUT2D eigenvalue weighted by Crippen LogP contribution is -2.27. The van der Waals surface area contributed by atoms with E-state index in [1.165, 1.54) is 0 Å². The minimum absolute atomic E-state index is 0.00694. The molecule has 0 aromatic carbocycles. The summed E-state index contributed by atoms with van der Waals surface area (Å²) in [5, 5.41) is 15.5. The molecule has 0 bridgehead atoms. The van der Waals surface area contributed by atoms with Crippen molar-refractivity contribution in [1.29, 1.82) is 0 Å². The van der Waals surface area contributed by atoms with Crippen LogP contribution in [-0.2, 0) is 11.3 Å². The summed E-state index contributed by atoms with van der Waals surface area (Å²) in [6.07, 6.45) is 1.22. The first-order valence-electron chi connectivity index (χ1n) is 5.47. The Morgan fingerprint density at radius 2 is 2.24 bits per heavy atom. The van der Waals surface area contributed by atoms with Crippen LogP contribution in [0.5, 0.6) is 0 Å². The third kappa shape index (κ3) is 4.44. The lowest BCUT2D eigenvalue weighted by atomic mass is 10.2. The van der Waals surface area contributed by atoms with Gasteiger partial charge in [0.05, 0.1) is 13.2 Å². The summed E-state index contributed by atoms with van der Waals surface area (Å²) in [5.41, 5.74) is 0.287. The van der Waals surface area contributed by atoms with Crippen molar-refractivity contribution < 1.29 is 14.6 Å². The zero-order chi connectivity index (χ0) is 13.1. The molecule has 0 saturated carbocycles. The number of carbonyl (C=O) groups excluding carboxylic acids is 1. The molecule has 0 saturated heterocycles. The number of amides is 1. The van der Waals surface area contributed by atoms with E-state index < -0.39 is 11.7 Å². The third-order valence-electron chi connectivity index (χ3n) is 1.89. The Labute approximate surface area is 101 Å². The molecular weight excluding hydrogens is 222 g/mol. The van der Waals surface area contributed by atoms with E-state index in [0.717, 1.165) is 5.56 Å². The van der Waals surface area contributed by atoms with Crippen LogP contribution < -0.4 is 5.32 Å². The van der Waals surface area contributed by atoms with E-state index in [4.69, 9.17) is 9.84 Å². The van der Waals surface area contributed by atoms with E-state index in [1.807, 2.05) is 6.92 Å². The van der Waals surface area contributed by atoms with Gasteiger partial charge in [-0.3, -0.25) is 10.00 Å². The lowest BCUT2D eigenvalue weighted by molar-refractivity contribution is 0.0635. The Kier molecular flexibility index (Phi) is 4.11. The molecule has 6 heteroatoms. The minimum atomic E-state index is -0.536. The van der Waals surface area contributed by atoms with Crippen LogP contribution in [0.1, 0.15) is 26.3 Å². The molecule has 1 aromatic rings. The van der Waals surface area contributed by atoms with Crippen LogP contribution in [0.4, 0.5) is 10.6 Å². The fourth-order valence-corrected chi connectivity index (χ4v) is 1.26. The number of nitrogens with one attached hydrogen (secondary N) is 1. The largest absolute Gasteiger partial charge is 0.444 e. The van der Waals surface area contributed by atoms with Crippen molar-refractivity contribution in [3.05, 3.63) is 11.8 Å². The van der Waals surface area contributed by atoms with Crippen molar-refractivity contribution >= 4 is 11.9 Å². The average molecular weight is 241 g/mol. The number of rotatable bonds is 3. The van der Waals surface area contributed by atoms with Gasteiger partial charge < -0.3 is 9.84 Å². The first-order chi connectivity index (χ1) is 7.81. The zero-order valence-corrected chi connectivity index (χ0v) is 10.6. The van der Waals surface area contributed by atoms with Gasteiger partial charge in [-0.2, -0.15) is 5.10 Å². The minimum Gasteiger partial charge on any atom is -0.444 e. The highest BCUT2D eigenvalue weighted by Gasteiger charge is 2.17. The van der Waals surface area contributed by atoms with Crippen molar-refractivity contribution in [2.75, 3.05) is 11.9 Å². The number of anilines is 1. The molecular formula is C11H19N3O3. The molecule has 1 aromatic heterocycles. The number of hydrogen-bond acceptors (Lipinski definition) is 4. The number of aliphatic hydroxyl groups excluding tert-OH is 1. The van der Waals surface area contributed by atoms with Gasteiger partial charge in [-0.15, -0.1) is 0 Å². The maximum absolute atomic E-state index is 11.5. The fraction of sp³-hybridized carbons (Fsp3) is 0.636. The van der Waals surface area contributed by atoms with Gasteiger partial charge in [0, 0.05) is 11.8 Å². The van der Waals surface area contributed by atoms with E-state index in [1.54, 1.807) is 31.6 Å². The SMILES string of the molecule is Cc1cn(CCO)nc1NC(=O)OC(C)(C)C. The van der Waals surface area contributed by atoms with Gasteiger partial charge in [-0.1, -0.05) is 0 Å². The highest BCUT2D eigenvalue weighted by molar-refractivity contribution is 5.84. The maximum atomic E-state index is 11.5. The van der Waals surface area contributed by atoms with Gasteiger partial charge in [0.2, 0.25) is 0 Å². The fourth-order valence-electron chi connectivity index (χ4n) is 1.26. The Balaban J connectivity index is 2.65. The normalized spacial score (nSPS) is 11.4. The second-order valence-corrected chi connectivity index (χ2v) is 4.77. The molecule has 96 valence electrons. The monoisotopic (exact) mass is 241 g/mol. The lowest BCUT2D eigenvalue weighted by Gasteiger charge is -2.19. The Morgan fingerprint density at radius 3 is 2.76 bits per heavy atom. The van der Waals surface area contributed by atoms with Gasteiger partial charge in [-0.25, -0.2) is 4.79 Å². The Morgan fingerprint density at radius 1 is 1.59 bits per heavy atom. The van der Waals surface area contributed by atoms with E-state index in [9.17, 15) is 4.79 Å². The molecule has 0 fully saturated rings. The van der Waals surface area contributed by atoms with Crippen molar-refractivity contribution in [2.24, 2.45) is 0 Å². The van der Waals surface area contributed by atoms with Gasteiger partial charge in [0.1, 0.15) is 5.60 Å². The van der Waals surface area contributed by atoms with Crippen molar-refractivity contribution in [1.82, 2.24) is 9.78 Å². The summed E-state index contributed by atoms with van der Waals surface area (Å²) in [5.74, 6) is 0.452. The van der Waals surface area contributed by atoms with Crippen molar-refractivity contribution in [2.45, 2.75) is 39.8 Å².